The Morgan fingerprint density at radius 1 is 1.20 bits per heavy atom. The normalized spacial score (nSPS) is 23.9. The van der Waals surface area contributed by atoms with Crippen LogP contribution in [0.2, 0.25) is 5.02 Å². The Bertz CT molecular complexity index is 841. The molecule has 1 aliphatic heterocycles. The standard InChI is InChI=1S/C22H22ClNO/c1-13(2)20-17-10-6-9-16(17)18-11-15(23)12-19(21(18)24-20)22(25)14-7-4-3-5-8-14/h3-9,11-13,16-17,20,24H,10H2,1-2H3/t16-,17-,20-/m1/s1. The molecule has 1 aliphatic carbocycles. The number of halogens is 1. The Morgan fingerprint density at radius 3 is 2.68 bits per heavy atom. The van der Waals surface area contributed by atoms with Gasteiger partial charge in [0.15, 0.2) is 5.78 Å². The number of hydrogen-bond donors (Lipinski definition) is 1. The van der Waals surface area contributed by atoms with Gasteiger partial charge in [-0.15, -0.1) is 0 Å². The van der Waals surface area contributed by atoms with Gasteiger partial charge in [-0.2, -0.15) is 0 Å². The van der Waals surface area contributed by atoms with E-state index in [2.05, 4.69) is 31.3 Å². The van der Waals surface area contributed by atoms with Crippen molar-refractivity contribution >= 4 is 23.1 Å². The van der Waals surface area contributed by atoms with Gasteiger partial charge in [0.2, 0.25) is 0 Å². The van der Waals surface area contributed by atoms with Crippen LogP contribution in [0, 0.1) is 11.8 Å². The number of rotatable bonds is 3. The fourth-order valence-electron chi connectivity index (χ4n) is 4.29. The fourth-order valence-corrected chi connectivity index (χ4v) is 4.51. The van der Waals surface area contributed by atoms with Crippen LogP contribution in [0.25, 0.3) is 0 Å². The van der Waals surface area contributed by atoms with Crippen molar-refractivity contribution < 1.29 is 4.79 Å². The first kappa shape index (κ1) is 16.4. The second-order valence-corrected chi connectivity index (χ2v) is 7.82. The first-order valence-corrected chi connectivity index (χ1v) is 9.30. The molecule has 0 spiro atoms. The zero-order valence-electron chi connectivity index (χ0n) is 14.5. The maximum atomic E-state index is 13.1. The molecule has 1 heterocycles. The molecule has 25 heavy (non-hydrogen) atoms. The molecule has 0 amide bonds. The van der Waals surface area contributed by atoms with Gasteiger partial charge in [0.25, 0.3) is 0 Å². The summed E-state index contributed by atoms with van der Waals surface area (Å²) in [6.07, 6.45) is 5.63. The van der Waals surface area contributed by atoms with Gasteiger partial charge in [-0.1, -0.05) is 67.9 Å². The Hall–Kier alpha value is -2.06. The van der Waals surface area contributed by atoms with Gasteiger partial charge < -0.3 is 5.32 Å². The van der Waals surface area contributed by atoms with Crippen LogP contribution in [-0.4, -0.2) is 11.8 Å². The maximum absolute atomic E-state index is 13.1. The number of allylic oxidation sites excluding steroid dienone is 2. The lowest BCUT2D eigenvalue weighted by Gasteiger charge is -2.40. The summed E-state index contributed by atoms with van der Waals surface area (Å²) in [6, 6.07) is 13.6. The molecule has 2 aliphatic rings. The quantitative estimate of drug-likeness (QED) is 0.569. The third kappa shape index (κ3) is 2.79. The van der Waals surface area contributed by atoms with E-state index in [0.717, 1.165) is 17.7 Å². The fraction of sp³-hybridized carbons (Fsp3) is 0.318. The third-order valence-corrected chi connectivity index (χ3v) is 5.70. The second kappa shape index (κ2) is 6.34. The lowest BCUT2D eigenvalue weighted by atomic mass is 9.74. The van der Waals surface area contributed by atoms with Crippen molar-refractivity contribution in [1.82, 2.24) is 0 Å². The molecule has 0 unspecified atom stereocenters. The van der Waals surface area contributed by atoms with E-state index in [1.54, 1.807) is 6.07 Å². The zero-order valence-corrected chi connectivity index (χ0v) is 15.3. The van der Waals surface area contributed by atoms with E-state index < -0.39 is 0 Å². The number of carbonyl (C=O) groups excluding carboxylic acids is 1. The molecule has 0 saturated heterocycles. The average Bonchev–Trinajstić information content (AvgIpc) is 3.10. The van der Waals surface area contributed by atoms with Gasteiger partial charge in [-0.3, -0.25) is 4.79 Å². The van der Waals surface area contributed by atoms with Crippen LogP contribution in [0.15, 0.2) is 54.6 Å². The molecule has 3 atom stereocenters. The van der Waals surface area contributed by atoms with E-state index in [4.69, 9.17) is 11.6 Å². The summed E-state index contributed by atoms with van der Waals surface area (Å²) in [5.74, 6) is 1.39. The Balaban J connectivity index is 1.86. The van der Waals surface area contributed by atoms with Gasteiger partial charge in [0, 0.05) is 33.8 Å². The Kier molecular flexibility index (Phi) is 4.16. The van der Waals surface area contributed by atoms with Gasteiger partial charge in [-0.25, -0.2) is 0 Å². The molecule has 2 aromatic rings. The van der Waals surface area contributed by atoms with Crippen LogP contribution in [0.1, 0.15) is 47.7 Å². The number of hydrogen-bond acceptors (Lipinski definition) is 2. The highest BCUT2D eigenvalue weighted by Gasteiger charge is 2.40. The molecule has 0 radical (unpaired) electrons. The molecular formula is C22H22ClNO. The summed E-state index contributed by atoms with van der Waals surface area (Å²) in [6.45, 7) is 4.49. The van der Waals surface area contributed by atoms with Gasteiger partial charge in [0.1, 0.15) is 0 Å². The van der Waals surface area contributed by atoms with Crippen LogP contribution in [0.4, 0.5) is 5.69 Å². The molecule has 2 nitrogen and oxygen atoms in total. The number of anilines is 1. The number of nitrogens with one attached hydrogen (secondary N) is 1. The summed E-state index contributed by atoms with van der Waals surface area (Å²) >= 11 is 6.40. The molecule has 0 fully saturated rings. The van der Waals surface area contributed by atoms with Crippen molar-refractivity contribution in [2.45, 2.75) is 32.2 Å². The smallest absolute Gasteiger partial charge is 0.195 e. The van der Waals surface area contributed by atoms with Crippen LogP contribution in [0.3, 0.4) is 0 Å². The van der Waals surface area contributed by atoms with E-state index in [1.807, 2.05) is 36.4 Å². The van der Waals surface area contributed by atoms with Crippen molar-refractivity contribution in [2.24, 2.45) is 11.8 Å². The lowest BCUT2D eigenvalue weighted by Crippen LogP contribution is -2.40. The van der Waals surface area contributed by atoms with Crippen LogP contribution in [0.5, 0.6) is 0 Å². The molecule has 0 aromatic heterocycles. The number of carbonyl (C=O) groups is 1. The number of fused-ring (bicyclic) bond motifs is 3. The van der Waals surface area contributed by atoms with Crippen molar-refractivity contribution in [3.8, 4) is 0 Å². The summed E-state index contributed by atoms with van der Waals surface area (Å²) in [7, 11) is 0. The summed E-state index contributed by atoms with van der Waals surface area (Å²) in [5, 5.41) is 4.32. The van der Waals surface area contributed by atoms with Gasteiger partial charge >= 0.3 is 0 Å². The lowest BCUT2D eigenvalue weighted by molar-refractivity contribution is 0.103. The van der Waals surface area contributed by atoms with Gasteiger partial charge in [0.05, 0.1) is 0 Å². The van der Waals surface area contributed by atoms with Crippen LogP contribution < -0.4 is 5.32 Å². The minimum Gasteiger partial charge on any atom is -0.381 e. The maximum Gasteiger partial charge on any atom is 0.195 e. The molecule has 3 heteroatoms. The van der Waals surface area contributed by atoms with Crippen LogP contribution >= 0.6 is 11.6 Å². The van der Waals surface area contributed by atoms with E-state index in [1.165, 1.54) is 0 Å². The van der Waals surface area contributed by atoms with E-state index in [-0.39, 0.29) is 5.78 Å². The topological polar surface area (TPSA) is 29.1 Å². The Labute approximate surface area is 153 Å². The average molecular weight is 352 g/mol. The number of benzene rings is 2. The second-order valence-electron chi connectivity index (χ2n) is 7.38. The summed E-state index contributed by atoms with van der Waals surface area (Å²) in [5.41, 5.74) is 3.49. The highest BCUT2D eigenvalue weighted by atomic mass is 35.5. The molecule has 2 aromatic carbocycles. The molecule has 128 valence electrons. The van der Waals surface area contributed by atoms with Gasteiger partial charge in [-0.05, 0) is 36.0 Å². The van der Waals surface area contributed by atoms with E-state index in [0.29, 0.717) is 39.9 Å². The highest BCUT2D eigenvalue weighted by molar-refractivity contribution is 6.31. The van der Waals surface area contributed by atoms with E-state index >= 15 is 0 Å². The molecule has 1 N–H and O–H groups in total. The van der Waals surface area contributed by atoms with Crippen molar-refractivity contribution in [3.63, 3.8) is 0 Å². The third-order valence-electron chi connectivity index (χ3n) is 5.48. The predicted molar refractivity (Wildman–Crippen MR) is 104 cm³/mol. The molecule has 0 bridgehead atoms. The first-order valence-electron chi connectivity index (χ1n) is 8.92. The molecule has 4 rings (SSSR count). The first-order chi connectivity index (χ1) is 12.1. The SMILES string of the molecule is CC(C)[C@H]1Nc2c(C(=O)c3ccccc3)cc(Cl)cc2[C@@H]2C=CC[C@@H]12. The van der Waals surface area contributed by atoms with Crippen molar-refractivity contribution in [3.05, 3.63) is 76.3 Å². The highest BCUT2D eigenvalue weighted by Crippen LogP contribution is 2.48. The zero-order chi connectivity index (χ0) is 17.6. The number of ketones is 1. The minimum absolute atomic E-state index is 0.0229. The van der Waals surface area contributed by atoms with Crippen LogP contribution in [-0.2, 0) is 0 Å². The monoisotopic (exact) mass is 351 g/mol. The molecular weight excluding hydrogens is 330 g/mol. The largest absolute Gasteiger partial charge is 0.381 e. The minimum atomic E-state index is 0.0229. The van der Waals surface area contributed by atoms with E-state index in [9.17, 15) is 4.79 Å². The molecule has 0 saturated carbocycles. The Morgan fingerprint density at radius 2 is 1.96 bits per heavy atom. The summed E-state index contributed by atoms with van der Waals surface area (Å²) < 4.78 is 0. The van der Waals surface area contributed by atoms with Crippen molar-refractivity contribution in [2.75, 3.05) is 5.32 Å². The van der Waals surface area contributed by atoms with Crippen molar-refractivity contribution in [1.29, 1.82) is 0 Å². The summed E-state index contributed by atoms with van der Waals surface area (Å²) in [4.78, 5) is 13.1. The predicted octanol–water partition coefficient (Wildman–Crippen LogP) is 5.68.